The normalized spacial score (nSPS) is 24.5. The Morgan fingerprint density at radius 1 is 1.00 bits per heavy atom. The highest BCUT2D eigenvalue weighted by Gasteiger charge is 2.60. The number of benzene rings is 3. The third-order valence-corrected chi connectivity index (χ3v) is 20.2. The van der Waals surface area contributed by atoms with Crippen LogP contribution in [0.5, 0.6) is 17.2 Å². The molecular weight excluding hydrogens is 765 g/mol. The molecule has 1 N–H and O–H groups in total. The van der Waals surface area contributed by atoms with Gasteiger partial charge in [0.25, 0.3) is 0 Å². The van der Waals surface area contributed by atoms with Crippen LogP contribution >= 0.6 is 27.7 Å². The van der Waals surface area contributed by atoms with Crippen molar-refractivity contribution in [3.63, 3.8) is 0 Å². The topological polar surface area (TPSA) is 70.5 Å². The Morgan fingerprint density at radius 2 is 1.75 bits per heavy atom. The monoisotopic (exact) mass is 820 g/mol. The summed E-state index contributed by atoms with van der Waals surface area (Å²) in [4.78, 5) is 6.06. The molecule has 0 amide bonds. The van der Waals surface area contributed by atoms with Crippen LogP contribution in [-0.4, -0.2) is 51.7 Å². The van der Waals surface area contributed by atoms with Gasteiger partial charge in [0, 0.05) is 48.6 Å². The van der Waals surface area contributed by atoms with Crippen molar-refractivity contribution >= 4 is 41.7 Å². The van der Waals surface area contributed by atoms with E-state index in [1.54, 1.807) is 7.11 Å². The summed E-state index contributed by atoms with van der Waals surface area (Å²) in [7, 11) is -0.272. The van der Waals surface area contributed by atoms with Crippen molar-refractivity contribution in [2.75, 3.05) is 20.3 Å². The maximum atomic E-state index is 7.24. The zero-order valence-corrected chi connectivity index (χ0v) is 35.7. The Balaban J connectivity index is 1.26. The zero-order chi connectivity index (χ0) is 37.2. The molecule has 2 saturated carbocycles. The van der Waals surface area contributed by atoms with Crippen LogP contribution in [0.2, 0.25) is 17.1 Å². The average molecular weight is 822 g/mol. The molecule has 0 saturated heterocycles. The SMILES string of the molecule is CC[Si](OC[C@@H]1C[C@@]23c4c(cc(OCC5CC5)c(Br)c4O[C@@H]2C/C(=N\OCc2ccccc2)C[C@H]3SCc2ccc(OC)cc2)CN1)(C(C)C)C(C)C. The summed E-state index contributed by atoms with van der Waals surface area (Å²) in [5, 5.41) is 9.04. The van der Waals surface area contributed by atoms with Gasteiger partial charge in [-0.3, -0.25) is 0 Å². The van der Waals surface area contributed by atoms with Gasteiger partial charge >= 0.3 is 0 Å². The molecule has 3 aromatic carbocycles. The van der Waals surface area contributed by atoms with Crippen molar-refractivity contribution < 1.29 is 23.5 Å². The van der Waals surface area contributed by atoms with Gasteiger partial charge < -0.3 is 28.8 Å². The molecular formula is C43H57BrN2O5SSi. The highest BCUT2D eigenvalue weighted by atomic mass is 79.9. The number of hydrogen-bond donors (Lipinski definition) is 1. The van der Waals surface area contributed by atoms with E-state index in [0.29, 0.717) is 36.6 Å². The third-order valence-electron chi connectivity index (χ3n) is 12.3. The molecule has 7 rings (SSSR count). The minimum absolute atomic E-state index is 0.0989. The molecule has 4 atom stereocenters. The van der Waals surface area contributed by atoms with Gasteiger partial charge in [-0.05, 0) is 93.1 Å². The summed E-state index contributed by atoms with van der Waals surface area (Å²) < 4.78 is 27.4. The van der Waals surface area contributed by atoms with Crippen molar-refractivity contribution in [3.05, 3.63) is 87.4 Å². The molecule has 7 nitrogen and oxygen atoms in total. The van der Waals surface area contributed by atoms with E-state index in [9.17, 15) is 0 Å². The Labute approximate surface area is 330 Å². The first-order valence-corrected chi connectivity index (χ1v) is 23.8. The molecule has 0 radical (unpaired) electrons. The number of nitrogens with zero attached hydrogens (tertiary/aromatic N) is 1. The predicted octanol–water partition coefficient (Wildman–Crippen LogP) is 10.6. The molecule has 286 valence electrons. The van der Waals surface area contributed by atoms with Gasteiger partial charge in [0.1, 0.15) is 34.4 Å². The Hall–Kier alpha value is -2.50. The number of ether oxygens (including phenoxy) is 3. The van der Waals surface area contributed by atoms with E-state index in [4.69, 9.17) is 28.6 Å². The number of nitrogens with one attached hydrogen (secondary N) is 1. The lowest BCUT2D eigenvalue weighted by atomic mass is 9.64. The first kappa shape index (κ1) is 38.8. The summed E-state index contributed by atoms with van der Waals surface area (Å²) in [6.45, 7) is 14.5. The molecule has 0 bridgehead atoms. The molecule has 2 aliphatic heterocycles. The molecule has 3 aromatic rings. The summed E-state index contributed by atoms with van der Waals surface area (Å²) in [5.41, 5.74) is 6.88. The summed E-state index contributed by atoms with van der Waals surface area (Å²) >= 11 is 6.04. The maximum absolute atomic E-state index is 7.24. The van der Waals surface area contributed by atoms with Crippen LogP contribution in [0.15, 0.2) is 70.3 Å². The van der Waals surface area contributed by atoms with Crippen LogP contribution in [0.1, 0.15) is 89.0 Å². The molecule has 2 aliphatic carbocycles. The number of oxime groups is 1. The summed E-state index contributed by atoms with van der Waals surface area (Å²) in [6.07, 6.45) is 4.86. The predicted molar refractivity (Wildman–Crippen MR) is 222 cm³/mol. The van der Waals surface area contributed by atoms with Crippen LogP contribution in [0.4, 0.5) is 0 Å². The molecule has 2 fully saturated rings. The molecule has 2 heterocycles. The van der Waals surface area contributed by atoms with Crippen LogP contribution in [-0.2, 0) is 33.6 Å². The second-order valence-electron chi connectivity index (χ2n) is 16.1. The zero-order valence-electron chi connectivity index (χ0n) is 32.3. The first-order chi connectivity index (χ1) is 25.7. The number of thioether (sulfide) groups is 1. The Kier molecular flexibility index (Phi) is 12.2. The maximum Gasteiger partial charge on any atom is 0.197 e. The summed E-state index contributed by atoms with van der Waals surface area (Å²) in [5.74, 6) is 4.23. The highest BCUT2D eigenvalue weighted by molar-refractivity contribution is 9.10. The van der Waals surface area contributed by atoms with Gasteiger partial charge in [-0.25, -0.2) is 0 Å². The van der Waals surface area contributed by atoms with Crippen LogP contribution in [0.25, 0.3) is 0 Å². The largest absolute Gasteiger partial charge is 0.497 e. The van der Waals surface area contributed by atoms with Crippen molar-refractivity contribution in [2.45, 2.75) is 126 Å². The quantitative estimate of drug-likeness (QED) is 0.114. The van der Waals surface area contributed by atoms with Crippen molar-refractivity contribution in [1.29, 1.82) is 0 Å². The number of hydrogen-bond acceptors (Lipinski definition) is 8. The standard InChI is InChI=1S/C43H57BrN2O5SSi/c1-7-53(28(2)3,29(4)5)50-26-35-22-43-38(51-42-40(43)33(23-45-35)19-37(41(42)44)48-24-31-13-14-31)20-34(46-49-25-30-11-9-8-10-12-30)21-39(43)52-27-32-15-17-36(47-6)18-16-32/h8-12,15-19,28-29,31,35,38-39,45H,7,13-14,20-27H2,1-6H3/b46-34+/t35-,38+,39+,43+/m0/s1. The lowest BCUT2D eigenvalue weighted by Crippen LogP contribution is -2.55. The second-order valence-corrected chi connectivity index (χ2v) is 23.3. The van der Waals surface area contributed by atoms with Gasteiger partial charge in [0.15, 0.2) is 8.32 Å². The fourth-order valence-electron chi connectivity index (χ4n) is 9.08. The number of rotatable bonds is 16. The van der Waals surface area contributed by atoms with E-state index in [1.807, 2.05) is 30.0 Å². The second kappa shape index (κ2) is 16.7. The molecule has 53 heavy (non-hydrogen) atoms. The molecule has 1 spiro atoms. The van der Waals surface area contributed by atoms with Gasteiger partial charge in [0.05, 0.1) is 24.8 Å². The minimum Gasteiger partial charge on any atom is -0.497 e. The smallest absolute Gasteiger partial charge is 0.197 e. The van der Waals surface area contributed by atoms with E-state index in [0.717, 1.165) is 70.8 Å². The lowest BCUT2D eigenvalue weighted by Gasteiger charge is -2.46. The third kappa shape index (κ3) is 8.09. The van der Waals surface area contributed by atoms with Gasteiger partial charge in [-0.15, -0.1) is 0 Å². The van der Waals surface area contributed by atoms with Crippen molar-refractivity contribution in [2.24, 2.45) is 11.1 Å². The van der Waals surface area contributed by atoms with Gasteiger partial charge in [-0.2, -0.15) is 11.8 Å². The average Bonchev–Trinajstić information content (AvgIpc) is 3.95. The Bertz CT molecular complexity index is 1730. The molecule has 0 aromatic heterocycles. The van der Waals surface area contributed by atoms with Gasteiger partial charge in [-0.1, -0.05) is 82.2 Å². The molecule has 10 heteroatoms. The van der Waals surface area contributed by atoms with Crippen LogP contribution in [0.3, 0.4) is 0 Å². The fraction of sp³-hybridized carbons (Fsp3) is 0.558. The minimum atomic E-state index is -1.99. The van der Waals surface area contributed by atoms with E-state index in [2.05, 4.69) is 98.3 Å². The summed E-state index contributed by atoms with van der Waals surface area (Å²) in [6, 6.07) is 22.3. The first-order valence-electron chi connectivity index (χ1n) is 19.7. The van der Waals surface area contributed by atoms with E-state index in [1.165, 1.54) is 29.5 Å². The molecule has 4 aliphatic rings. The van der Waals surface area contributed by atoms with Gasteiger partial charge in [0.2, 0.25) is 0 Å². The number of methoxy groups -OCH3 is 1. The van der Waals surface area contributed by atoms with Crippen molar-refractivity contribution in [1.82, 2.24) is 5.32 Å². The number of halogens is 1. The Morgan fingerprint density at radius 3 is 2.43 bits per heavy atom. The molecule has 0 unspecified atom stereocenters. The highest BCUT2D eigenvalue weighted by Crippen LogP contribution is 2.61. The van der Waals surface area contributed by atoms with Crippen molar-refractivity contribution in [3.8, 4) is 17.2 Å². The van der Waals surface area contributed by atoms with E-state index >= 15 is 0 Å². The lowest BCUT2D eigenvalue weighted by molar-refractivity contribution is 0.102. The fourth-order valence-corrected chi connectivity index (χ4v) is 15.5. The van der Waals surface area contributed by atoms with E-state index in [-0.39, 0.29) is 22.8 Å². The van der Waals surface area contributed by atoms with E-state index < -0.39 is 8.32 Å². The van der Waals surface area contributed by atoms with Crippen LogP contribution in [0, 0.1) is 5.92 Å². The van der Waals surface area contributed by atoms with Crippen LogP contribution < -0.4 is 19.5 Å².